The Morgan fingerprint density at radius 3 is 2.59 bits per heavy atom. The number of guanidine groups is 1. The highest BCUT2D eigenvalue weighted by Crippen LogP contribution is 2.18. The minimum atomic E-state index is 0. The number of aliphatic imine (C=N–C) groups is 1. The summed E-state index contributed by atoms with van der Waals surface area (Å²) in [4.78, 5) is 9.90. The maximum Gasteiger partial charge on any atom is 0.191 e. The first-order valence-electron chi connectivity index (χ1n) is 12.1. The van der Waals surface area contributed by atoms with Gasteiger partial charge in [-0.1, -0.05) is 13.3 Å². The molecule has 0 amide bonds. The summed E-state index contributed by atoms with van der Waals surface area (Å²) in [6.45, 7) is 13.8. The standard InChI is InChI=1S/C22H42N8O.HI/c1-4-20-8-5-6-12-30(20)13-10-24-22(25-18-21-27-26-19(2)28(21)3)23-9-7-11-29-14-16-31-17-15-29;/h20H,4-18H2,1-3H3,(H2,23,24,25);1H. The second kappa shape index (κ2) is 15.0. The lowest BCUT2D eigenvalue weighted by molar-refractivity contribution is 0.0376. The molecule has 32 heavy (non-hydrogen) atoms. The summed E-state index contributed by atoms with van der Waals surface area (Å²) in [5.41, 5.74) is 0. The maximum absolute atomic E-state index is 5.44. The summed E-state index contributed by atoms with van der Waals surface area (Å²) in [6.07, 6.45) is 6.36. The van der Waals surface area contributed by atoms with Gasteiger partial charge in [-0.2, -0.15) is 0 Å². The molecule has 2 N–H and O–H groups in total. The van der Waals surface area contributed by atoms with Crippen LogP contribution in [0.4, 0.5) is 0 Å². The van der Waals surface area contributed by atoms with E-state index in [2.05, 4.69) is 37.6 Å². The van der Waals surface area contributed by atoms with Crippen LogP contribution in [0.2, 0.25) is 0 Å². The zero-order valence-corrected chi connectivity index (χ0v) is 22.5. The van der Waals surface area contributed by atoms with Gasteiger partial charge in [-0.15, -0.1) is 34.2 Å². The van der Waals surface area contributed by atoms with Gasteiger partial charge >= 0.3 is 0 Å². The lowest BCUT2D eigenvalue weighted by Crippen LogP contribution is -2.46. The fraction of sp³-hybridized carbons (Fsp3) is 0.864. The van der Waals surface area contributed by atoms with Crippen molar-refractivity contribution in [2.45, 2.75) is 58.5 Å². The third-order valence-electron chi connectivity index (χ3n) is 6.52. The Labute approximate surface area is 210 Å². The Morgan fingerprint density at radius 2 is 1.88 bits per heavy atom. The Hall–Kier alpha value is -0.980. The number of likely N-dealkylation sites (tertiary alicyclic amines) is 1. The van der Waals surface area contributed by atoms with E-state index in [1.165, 1.54) is 32.2 Å². The Bertz CT molecular complexity index is 677. The molecule has 0 aliphatic carbocycles. The highest BCUT2D eigenvalue weighted by atomic mass is 127. The van der Waals surface area contributed by atoms with Crippen molar-refractivity contribution in [1.82, 2.24) is 35.2 Å². The van der Waals surface area contributed by atoms with Crippen LogP contribution >= 0.6 is 24.0 Å². The molecular weight excluding hydrogens is 519 g/mol. The molecular formula is C22H43IN8O. The van der Waals surface area contributed by atoms with Crippen molar-refractivity contribution < 1.29 is 4.74 Å². The average Bonchev–Trinajstić information content (AvgIpc) is 3.13. The molecule has 0 radical (unpaired) electrons. The molecule has 184 valence electrons. The van der Waals surface area contributed by atoms with E-state index in [9.17, 15) is 0 Å². The molecule has 2 aliphatic rings. The van der Waals surface area contributed by atoms with Crippen molar-refractivity contribution in [2.24, 2.45) is 12.0 Å². The highest BCUT2D eigenvalue weighted by Gasteiger charge is 2.20. The molecule has 9 nitrogen and oxygen atoms in total. The first-order chi connectivity index (χ1) is 15.2. The van der Waals surface area contributed by atoms with E-state index in [-0.39, 0.29) is 24.0 Å². The van der Waals surface area contributed by atoms with Gasteiger partial charge in [-0.3, -0.25) is 9.80 Å². The van der Waals surface area contributed by atoms with Gasteiger partial charge in [0.1, 0.15) is 12.4 Å². The zero-order valence-electron chi connectivity index (χ0n) is 20.2. The van der Waals surface area contributed by atoms with Gasteiger partial charge in [-0.05, 0) is 45.7 Å². The number of hydrogen-bond donors (Lipinski definition) is 2. The summed E-state index contributed by atoms with van der Waals surface area (Å²) in [5.74, 6) is 2.66. The van der Waals surface area contributed by atoms with Gasteiger partial charge in [0.25, 0.3) is 0 Å². The first-order valence-corrected chi connectivity index (χ1v) is 12.1. The molecule has 10 heteroatoms. The third kappa shape index (κ3) is 8.75. The van der Waals surface area contributed by atoms with Crippen molar-refractivity contribution in [3.8, 4) is 0 Å². The lowest BCUT2D eigenvalue weighted by Gasteiger charge is -2.35. The second-order valence-corrected chi connectivity index (χ2v) is 8.64. The molecule has 0 bridgehead atoms. The number of nitrogens with zero attached hydrogens (tertiary/aromatic N) is 6. The average molecular weight is 563 g/mol. The van der Waals surface area contributed by atoms with E-state index < -0.39 is 0 Å². The van der Waals surface area contributed by atoms with Gasteiger partial charge in [0.05, 0.1) is 13.2 Å². The Kier molecular flexibility index (Phi) is 12.8. The largest absolute Gasteiger partial charge is 0.379 e. The quantitative estimate of drug-likeness (QED) is 0.195. The van der Waals surface area contributed by atoms with Crippen LogP contribution in [-0.4, -0.2) is 95.6 Å². The molecule has 3 rings (SSSR count). The monoisotopic (exact) mass is 562 g/mol. The summed E-state index contributed by atoms with van der Waals surface area (Å²) < 4.78 is 7.44. The minimum Gasteiger partial charge on any atom is -0.379 e. The number of aromatic nitrogens is 3. The van der Waals surface area contributed by atoms with E-state index in [0.29, 0.717) is 6.54 Å². The number of rotatable bonds is 10. The fourth-order valence-corrected chi connectivity index (χ4v) is 4.38. The van der Waals surface area contributed by atoms with Crippen molar-refractivity contribution in [1.29, 1.82) is 0 Å². The van der Waals surface area contributed by atoms with Crippen molar-refractivity contribution in [3.63, 3.8) is 0 Å². The molecule has 0 aromatic carbocycles. The Balaban J connectivity index is 0.00000363. The maximum atomic E-state index is 5.44. The third-order valence-corrected chi connectivity index (χ3v) is 6.52. The molecule has 1 aromatic heterocycles. The molecule has 0 saturated carbocycles. The molecule has 1 unspecified atom stereocenters. The van der Waals surface area contributed by atoms with Gasteiger partial charge in [0.2, 0.25) is 0 Å². The topological polar surface area (TPSA) is 82.8 Å². The van der Waals surface area contributed by atoms with Crippen molar-refractivity contribution >= 4 is 29.9 Å². The summed E-state index contributed by atoms with van der Waals surface area (Å²) in [5, 5.41) is 15.5. The number of nitrogens with one attached hydrogen (secondary N) is 2. The lowest BCUT2D eigenvalue weighted by atomic mass is 10.0. The molecule has 1 aromatic rings. The molecule has 1 atom stereocenters. The van der Waals surface area contributed by atoms with E-state index in [1.807, 2.05) is 18.5 Å². The second-order valence-electron chi connectivity index (χ2n) is 8.64. The number of ether oxygens (including phenoxy) is 1. The number of aryl methyl sites for hydroxylation is 1. The van der Waals surface area contributed by atoms with Crippen molar-refractivity contribution in [3.05, 3.63) is 11.6 Å². The van der Waals surface area contributed by atoms with E-state index in [1.54, 1.807) is 0 Å². The SMILES string of the molecule is CCC1CCCCN1CCNC(=NCc1nnc(C)n1C)NCCCN1CCOCC1.I. The fourth-order valence-electron chi connectivity index (χ4n) is 4.38. The molecule has 2 fully saturated rings. The van der Waals surface area contributed by atoms with Gasteiger partial charge in [0, 0.05) is 45.8 Å². The summed E-state index contributed by atoms with van der Waals surface area (Å²) in [6, 6.07) is 0.735. The molecule has 2 aliphatic heterocycles. The van der Waals surface area contributed by atoms with Crippen LogP contribution in [0, 0.1) is 6.92 Å². The van der Waals surface area contributed by atoms with Gasteiger partial charge in [0.15, 0.2) is 11.8 Å². The van der Waals surface area contributed by atoms with E-state index in [4.69, 9.17) is 9.73 Å². The van der Waals surface area contributed by atoms with Gasteiger partial charge in [-0.25, -0.2) is 4.99 Å². The number of halogens is 1. The van der Waals surface area contributed by atoms with E-state index in [0.717, 1.165) is 82.6 Å². The molecule has 3 heterocycles. The number of morpholine rings is 1. The van der Waals surface area contributed by atoms with Crippen LogP contribution in [0.3, 0.4) is 0 Å². The Morgan fingerprint density at radius 1 is 1.09 bits per heavy atom. The van der Waals surface area contributed by atoms with Crippen LogP contribution in [0.5, 0.6) is 0 Å². The predicted molar refractivity (Wildman–Crippen MR) is 140 cm³/mol. The number of piperidine rings is 1. The first kappa shape index (κ1) is 27.3. The van der Waals surface area contributed by atoms with Gasteiger partial charge < -0.3 is 19.9 Å². The highest BCUT2D eigenvalue weighted by molar-refractivity contribution is 14.0. The molecule has 0 spiro atoms. The van der Waals surface area contributed by atoms with E-state index >= 15 is 0 Å². The van der Waals surface area contributed by atoms with Crippen LogP contribution in [0.15, 0.2) is 4.99 Å². The van der Waals surface area contributed by atoms with Crippen LogP contribution < -0.4 is 10.6 Å². The minimum absolute atomic E-state index is 0. The van der Waals surface area contributed by atoms with Crippen molar-refractivity contribution in [2.75, 3.05) is 59.0 Å². The van der Waals surface area contributed by atoms with Crippen LogP contribution in [0.1, 0.15) is 50.7 Å². The van der Waals surface area contributed by atoms with Crippen LogP contribution in [-0.2, 0) is 18.3 Å². The number of hydrogen-bond acceptors (Lipinski definition) is 6. The summed E-state index contributed by atoms with van der Waals surface area (Å²) >= 11 is 0. The normalized spacial score (nSPS) is 20.7. The smallest absolute Gasteiger partial charge is 0.191 e. The summed E-state index contributed by atoms with van der Waals surface area (Å²) in [7, 11) is 1.99. The molecule has 2 saturated heterocycles. The van der Waals surface area contributed by atoms with Crippen LogP contribution in [0.25, 0.3) is 0 Å². The predicted octanol–water partition coefficient (Wildman–Crippen LogP) is 1.76. The zero-order chi connectivity index (χ0) is 21.9.